The minimum Gasteiger partial charge on any atom is -0.303 e. The summed E-state index contributed by atoms with van der Waals surface area (Å²) in [6, 6.07) is 0. The summed E-state index contributed by atoms with van der Waals surface area (Å²) < 4.78 is 0. The van der Waals surface area contributed by atoms with Gasteiger partial charge in [0.05, 0.1) is 0 Å². The average Bonchev–Trinajstić information content (AvgIpc) is 2.19. The van der Waals surface area contributed by atoms with Gasteiger partial charge in [0, 0.05) is 6.54 Å². The van der Waals surface area contributed by atoms with E-state index in [1.54, 1.807) is 0 Å². The van der Waals surface area contributed by atoms with Crippen molar-refractivity contribution in [1.29, 1.82) is 0 Å². The first-order chi connectivity index (χ1) is 6.36. The molecule has 0 aromatic rings. The van der Waals surface area contributed by atoms with Crippen molar-refractivity contribution >= 4 is 0 Å². The first kappa shape index (κ1) is 11.0. The molecule has 0 amide bonds. The minimum atomic E-state index is 1.01. The summed E-state index contributed by atoms with van der Waals surface area (Å²) in [6.07, 6.45) is 8.72. The Labute approximate surface area is 83.5 Å². The molecule has 0 unspecified atom stereocenters. The van der Waals surface area contributed by atoms with Crippen LogP contribution in [0, 0.1) is 5.92 Å². The monoisotopic (exact) mass is 183 g/mol. The van der Waals surface area contributed by atoms with Gasteiger partial charge in [0.15, 0.2) is 0 Å². The summed E-state index contributed by atoms with van der Waals surface area (Å²) in [5.41, 5.74) is 0. The maximum absolute atomic E-state index is 2.62. The zero-order chi connectivity index (χ0) is 9.52. The van der Waals surface area contributed by atoms with E-state index in [0.717, 1.165) is 5.92 Å². The predicted molar refractivity (Wildman–Crippen MR) is 59.0 cm³/mol. The lowest BCUT2D eigenvalue weighted by Crippen LogP contribution is -2.31. The van der Waals surface area contributed by atoms with Crippen molar-refractivity contribution in [3.05, 3.63) is 0 Å². The molecule has 1 aliphatic carbocycles. The minimum absolute atomic E-state index is 1.01. The van der Waals surface area contributed by atoms with Crippen LogP contribution < -0.4 is 0 Å². The molecule has 0 N–H and O–H groups in total. The third kappa shape index (κ3) is 4.12. The quantitative estimate of drug-likeness (QED) is 0.632. The van der Waals surface area contributed by atoms with Gasteiger partial charge in [0.2, 0.25) is 0 Å². The van der Waals surface area contributed by atoms with Crippen LogP contribution in [0.2, 0.25) is 0 Å². The summed E-state index contributed by atoms with van der Waals surface area (Å²) in [4.78, 5) is 2.62. The summed E-state index contributed by atoms with van der Waals surface area (Å²) in [5.74, 6) is 1.01. The lowest BCUT2D eigenvalue weighted by molar-refractivity contribution is 0.208. The molecule has 0 aromatic heterocycles. The largest absolute Gasteiger partial charge is 0.303 e. The van der Waals surface area contributed by atoms with Crippen molar-refractivity contribution in [1.82, 2.24) is 4.90 Å². The SMILES string of the molecule is CCCN(CC)CC1CCCCC1. The second-order valence-corrected chi connectivity index (χ2v) is 4.40. The van der Waals surface area contributed by atoms with E-state index in [0.29, 0.717) is 0 Å². The number of rotatable bonds is 5. The van der Waals surface area contributed by atoms with Gasteiger partial charge in [-0.1, -0.05) is 33.1 Å². The molecule has 0 radical (unpaired) electrons. The Kier molecular flexibility index (Phi) is 5.45. The van der Waals surface area contributed by atoms with Crippen molar-refractivity contribution in [3.63, 3.8) is 0 Å². The Morgan fingerprint density at radius 2 is 1.77 bits per heavy atom. The van der Waals surface area contributed by atoms with Crippen LogP contribution in [0.25, 0.3) is 0 Å². The molecule has 0 aromatic carbocycles. The van der Waals surface area contributed by atoms with E-state index in [9.17, 15) is 0 Å². The molecular weight excluding hydrogens is 158 g/mol. The highest BCUT2D eigenvalue weighted by molar-refractivity contribution is 4.69. The summed E-state index contributed by atoms with van der Waals surface area (Å²) >= 11 is 0. The van der Waals surface area contributed by atoms with Crippen LogP contribution in [0.3, 0.4) is 0 Å². The van der Waals surface area contributed by atoms with Crippen LogP contribution in [0.4, 0.5) is 0 Å². The fraction of sp³-hybridized carbons (Fsp3) is 1.00. The highest BCUT2D eigenvalue weighted by Gasteiger charge is 2.15. The zero-order valence-electron chi connectivity index (χ0n) is 9.39. The van der Waals surface area contributed by atoms with Gasteiger partial charge in [-0.3, -0.25) is 0 Å². The highest BCUT2D eigenvalue weighted by Crippen LogP contribution is 2.24. The van der Waals surface area contributed by atoms with Gasteiger partial charge < -0.3 is 4.90 Å². The third-order valence-electron chi connectivity index (χ3n) is 3.23. The fourth-order valence-electron chi connectivity index (χ4n) is 2.43. The van der Waals surface area contributed by atoms with Crippen LogP contribution in [-0.2, 0) is 0 Å². The molecule has 13 heavy (non-hydrogen) atoms. The Hall–Kier alpha value is -0.0400. The second-order valence-electron chi connectivity index (χ2n) is 4.40. The molecule has 1 saturated carbocycles. The molecule has 1 fully saturated rings. The van der Waals surface area contributed by atoms with Gasteiger partial charge in [-0.05, 0) is 38.3 Å². The van der Waals surface area contributed by atoms with Crippen molar-refractivity contribution in [2.75, 3.05) is 19.6 Å². The molecule has 0 atom stereocenters. The second kappa shape index (κ2) is 6.42. The first-order valence-corrected chi connectivity index (χ1v) is 6.09. The normalized spacial score (nSPS) is 19.6. The van der Waals surface area contributed by atoms with E-state index in [-0.39, 0.29) is 0 Å². The third-order valence-corrected chi connectivity index (χ3v) is 3.23. The molecule has 78 valence electrons. The van der Waals surface area contributed by atoms with Crippen molar-refractivity contribution in [2.24, 2.45) is 5.92 Å². The highest BCUT2D eigenvalue weighted by atomic mass is 15.1. The topological polar surface area (TPSA) is 3.24 Å². The first-order valence-electron chi connectivity index (χ1n) is 6.09. The number of nitrogens with zero attached hydrogens (tertiary/aromatic N) is 1. The Morgan fingerprint density at radius 1 is 1.08 bits per heavy atom. The fourth-order valence-corrected chi connectivity index (χ4v) is 2.43. The summed E-state index contributed by atoms with van der Waals surface area (Å²) in [5, 5.41) is 0. The van der Waals surface area contributed by atoms with Gasteiger partial charge in [0.1, 0.15) is 0 Å². The van der Waals surface area contributed by atoms with Gasteiger partial charge in [-0.25, -0.2) is 0 Å². The molecule has 1 heteroatoms. The Morgan fingerprint density at radius 3 is 2.31 bits per heavy atom. The van der Waals surface area contributed by atoms with E-state index in [1.807, 2.05) is 0 Å². The van der Waals surface area contributed by atoms with E-state index < -0.39 is 0 Å². The van der Waals surface area contributed by atoms with Crippen molar-refractivity contribution in [2.45, 2.75) is 52.4 Å². The van der Waals surface area contributed by atoms with Crippen LogP contribution in [-0.4, -0.2) is 24.5 Å². The van der Waals surface area contributed by atoms with Crippen molar-refractivity contribution < 1.29 is 0 Å². The molecule has 0 saturated heterocycles. The molecule has 1 rings (SSSR count). The molecule has 0 aliphatic heterocycles. The van der Waals surface area contributed by atoms with Crippen LogP contribution in [0.15, 0.2) is 0 Å². The maximum Gasteiger partial charge on any atom is 0.000954 e. The summed E-state index contributed by atoms with van der Waals surface area (Å²) in [7, 11) is 0. The van der Waals surface area contributed by atoms with Gasteiger partial charge in [-0.15, -0.1) is 0 Å². The van der Waals surface area contributed by atoms with Gasteiger partial charge >= 0.3 is 0 Å². The molecule has 1 nitrogen and oxygen atoms in total. The van der Waals surface area contributed by atoms with E-state index in [2.05, 4.69) is 18.7 Å². The van der Waals surface area contributed by atoms with Gasteiger partial charge in [0.25, 0.3) is 0 Å². The Bertz CT molecular complexity index is 114. The Balaban J connectivity index is 2.18. The van der Waals surface area contributed by atoms with E-state index >= 15 is 0 Å². The van der Waals surface area contributed by atoms with Crippen LogP contribution in [0.5, 0.6) is 0 Å². The smallest absolute Gasteiger partial charge is 0.000954 e. The average molecular weight is 183 g/mol. The summed E-state index contributed by atoms with van der Waals surface area (Å²) in [6.45, 7) is 8.48. The van der Waals surface area contributed by atoms with E-state index in [4.69, 9.17) is 0 Å². The predicted octanol–water partition coefficient (Wildman–Crippen LogP) is 3.30. The molecule has 1 aliphatic rings. The van der Waals surface area contributed by atoms with Crippen LogP contribution in [0.1, 0.15) is 52.4 Å². The zero-order valence-corrected chi connectivity index (χ0v) is 9.39. The molecule has 0 heterocycles. The molecule has 0 spiro atoms. The standard InChI is InChI=1S/C12H25N/c1-3-10-13(4-2)11-12-8-6-5-7-9-12/h12H,3-11H2,1-2H3. The van der Waals surface area contributed by atoms with E-state index in [1.165, 1.54) is 58.2 Å². The lowest BCUT2D eigenvalue weighted by Gasteiger charge is -2.28. The number of hydrogen-bond acceptors (Lipinski definition) is 1. The molecular formula is C12H25N. The lowest BCUT2D eigenvalue weighted by atomic mass is 9.89. The van der Waals surface area contributed by atoms with Gasteiger partial charge in [-0.2, -0.15) is 0 Å². The molecule has 0 bridgehead atoms. The van der Waals surface area contributed by atoms with Crippen molar-refractivity contribution in [3.8, 4) is 0 Å². The maximum atomic E-state index is 2.62. The van der Waals surface area contributed by atoms with Crippen LogP contribution >= 0.6 is 0 Å². The number of hydrogen-bond donors (Lipinski definition) is 0.